The summed E-state index contributed by atoms with van der Waals surface area (Å²) in [5.74, 6) is 0.113. The molecule has 0 aromatic carbocycles. The molecule has 0 amide bonds. The summed E-state index contributed by atoms with van der Waals surface area (Å²) >= 11 is 0. The van der Waals surface area contributed by atoms with Crippen LogP contribution in [0.5, 0.6) is 0 Å². The third-order valence-corrected chi connectivity index (χ3v) is 2.55. The summed E-state index contributed by atoms with van der Waals surface area (Å²) in [6.07, 6.45) is 4.42. The van der Waals surface area contributed by atoms with Gasteiger partial charge in [0.25, 0.3) is 0 Å². The molecule has 2 N–H and O–H groups in total. The second kappa shape index (κ2) is 2.95. The minimum Gasteiger partial charge on any atom is -0.390 e. The summed E-state index contributed by atoms with van der Waals surface area (Å²) in [6.45, 7) is 3.87. The van der Waals surface area contributed by atoms with Crippen molar-refractivity contribution in [3.8, 4) is 0 Å². The molecule has 2 unspecified atom stereocenters. The highest BCUT2D eigenvalue weighted by molar-refractivity contribution is 5.04. The average Bonchev–Trinajstić information content (AvgIpc) is 1.95. The van der Waals surface area contributed by atoms with Crippen molar-refractivity contribution in [1.82, 2.24) is 0 Å². The molecule has 1 aliphatic rings. The second-order valence-electron chi connectivity index (χ2n) is 3.57. The van der Waals surface area contributed by atoms with E-state index in [1.165, 1.54) is 0 Å². The third-order valence-electron chi connectivity index (χ3n) is 2.55. The van der Waals surface area contributed by atoms with Gasteiger partial charge in [-0.15, -0.1) is 0 Å². The number of aliphatic hydroxyl groups is 2. The normalized spacial score (nSPS) is 38.1. The van der Waals surface area contributed by atoms with Crippen molar-refractivity contribution in [3.63, 3.8) is 0 Å². The molecule has 0 bridgehead atoms. The minimum atomic E-state index is -0.894. The summed E-state index contributed by atoms with van der Waals surface area (Å²) in [5.41, 5.74) is -0.894. The summed E-state index contributed by atoms with van der Waals surface area (Å²) < 4.78 is 0. The van der Waals surface area contributed by atoms with Gasteiger partial charge in [-0.3, -0.25) is 0 Å². The predicted octanol–water partition coefficient (Wildman–Crippen LogP) is 1.08. The molecular weight excluding hydrogens is 140 g/mol. The average molecular weight is 156 g/mol. The van der Waals surface area contributed by atoms with Crippen LogP contribution in [-0.2, 0) is 0 Å². The Kier molecular flexibility index (Phi) is 2.35. The lowest BCUT2D eigenvalue weighted by Gasteiger charge is -2.37. The van der Waals surface area contributed by atoms with Gasteiger partial charge in [0.05, 0.1) is 11.7 Å². The van der Waals surface area contributed by atoms with Crippen LogP contribution in [-0.4, -0.2) is 21.9 Å². The molecule has 1 rings (SSSR count). The first-order chi connectivity index (χ1) is 5.07. The highest BCUT2D eigenvalue weighted by Crippen LogP contribution is 2.30. The first kappa shape index (κ1) is 8.75. The lowest BCUT2D eigenvalue weighted by atomic mass is 9.78. The lowest BCUT2D eigenvalue weighted by molar-refractivity contribution is -0.105. The molecule has 2 heteroatoms. The van der Waals surface area contributed by atoms with Crippen LogP contribution in [0.15, 0.2) is 12.2 Å². The fourth-order valence-corrected chi connectivity index (χ4v) is 1.46. The fourth-order valence-electron chi connectivity index (χ4n) is 1.46. The van der Waals surface area contributed by atoms with Gasteiger partial charge in [0.2, 0.25) is 0 Å². The summed E-state index contributed by atoms with van der Waals surface area (Å²) in [6, 6.07) is 0. The van der Waals surface area contributed by atoms with E-state index in [2.05, 4.69) is 0 Å². The smallest absolute Gasteiger partial charge is 0.0965 e. The molecule has 0 aliphatic heterocycles. The molecule has 2 atom stereocenters. The van der Waals surface area contributed by atoms with E-state index in [9.17, 15) is 10.2 Å². The van der Waals surface area contributed by atoms with Crippen molar-refractivity contribution in [2.24, 2.45) is 5.92 Å². The van der Waals surface area contributed by atoms with Gasteiger partial charge < -0.3 is 10.2 Å². The summed E-state index contributed by atoms with van der Waals surface area (Å²) in [5, 5.41) is 19.4. The van der Waals surface area contributed by atoms with Crippen molar-refractivity contribution in [1.29, 1.82) is 0 Å². The van der Waals surface area contributed by atoms with Gasteiger partial charge in [-0.2, -0.15) is 0 Å². The van der Waals surface area contributed by atoms with E-state index in [4.69, 9.17) is 0 Å². The third kappa shape index (κ3) is 1.47. The van der Waals surface area contributed by atoms with Gasteiger partial charge in [0.1, 0.15) is 0 Å². The SMILES string of the molecule is CC(C)C1(O)CC=CCC1O. The van der Waals surface area contributed by atoms with E-state index in [0.29, 0.717) is 12.8 Å². The Labute approximate surface area is 67.6 Å². The number of hydrogen-bond acceptors (Lipinski definition) is 2. The highest BCUT2D eigenvalue weighted by atomic mass is 16.3. The molecule has 1 aliphatic carbocycles. The van der Waals surface area contributed by atoms with E-state index in [1.54, 1.807) is 0 Å². The molecule has 0 aromatic rings. The Bertz CT molecular complexity index is 163. The highest BCUT2D eigenvalue weighted by Gasteiger charge is 2.38. The molecule has 2 nitrogen and oxygen atoms in total. The quantitative estimate of drug-likeness (QED) is 0.558. The molecule has 0 spiro atoms. The van der Waals surface area contributed by atoms with Crippen LogP contribution in [0, 0.1) is 5.92 Å². The summed E-state index contributed by atoms with van der Waals surface area (Å²) in [4.78, 5) is 0. The van der Waals surface area contributed by atoms with Crippen molar-refractivity contribution < 1.29 is 10.2 Å². The second-order valence-corrected chi connectivity index (χ2v) is 3.57. The van der Waals surface area contributed by atoms with E-state index < -0.39 is 11.7 Å². The zero-order chi connectivity index (χ0) is 8.48. The Hall–Kier alpha value is -0.340. The van der Waals surface area contributed by atoms with Crippen LogP contribution in [0.3, 0.4) is 0 Å². The van der Waals surface area contributed by atoms with Gasteiger partial charge in [-0.25, -0.2) is 0 Å². The Morgan fingerprint density at radius 1 is 1.45 bits per heavy atom. The predicted molar refractivity (Wildman–Crippen MR) is 44.2 cm³/mol. The standard InChI is InChI=1S/C9H16O2/c1-7(2)9(11)6-4-3-5-8(9)10/h3-4,7-8,10-11H,5-6H2,1-2H3. The van der Waals surface area contributed by atoms with E-state index >= 15 is 0 Å². The zero-order valence-corrected chi connectivity index (χ0v) is 7.12. The van der Waals surface area contributed by atoms with E-state index in [1.807, 2.05) is 26.0 Å². The van der Waals surface area contributed by atoms with Crippen LogP contribution in [0.25, 0.3) is 0 Å². The molecular formula is C9H16O2. The maximum Gasteiger partial charge on any atom is 0.0965 e. The molecule has 0 fully saturated rings. The maximum atomic E-state index is 9.92. The molecule has 64 valence electrons. The van der Waals surface area contributed by atoms with Crippen molar-refractivity contribution >= 4 is 0 Å². The van der Waals surface area contributed by atoms with E-state index in [-0.39, 0.29) is 5.92 Å². The van der Waals surface area contributed by atoms with Crippen molar-refractivity contribution in [2.45, 2.75) is 38.4 Å². The van der Waals surface area contributed by atoms with Gasteiger partial charge >= 0.3 is 0 Å². The molecule has 0 aromatic heterocycles. The molecule has 0 heterocycles. The van der Waals surface area contributed by atoms with Gasteiger partial charge in [0.15, 0.2) is 0 Å². The van der Waals surface area contributed by atoms with Crippen LogP contribution in [0.4, 0.5) is 0 Å². The Balaban J connectivity index is 2.75. The largest absolute Gasteiger partial charge is 0.390 e. The monoisotopic (exact) mass is 156 g/mol. The number of rotatable bonds is 1. The molecule has 11 heavy (non-hydrogen) atoms. The van der Waals surface area contributed by atoms with Crippen molar-refractivity contribution in [2.75, 3.05) is 0 Å². The minimum absolute atomic E-state index is 0.113. The number of hydrogen-bond donors (Lipinski definition) is 2. The fraction of sp³-hybridized carbons (Fsp3) is 0.778. The van der Waals surface area contributed by atoms with Gasteiger partial charge in [0, 0.05) is 0 Å². The first-order valence-corrected chi connectivity index (χ1v) is 4.13. The molecule has 0 radical (unpaired) electrons. The molecule has 0 saturated heterocycles. The first-order valence-electron chi connectivity index (χ1n) is 4.13. The topological polar surface area (TPSA) is 40.5 Å². The van der Waals surface area contributed by atoms with Crippen LogP contribution in [0.2, 0.25) is 0 Å². The summed E-state index contributed by atoms with van der Waals surface area (Å²) in [7, 11) is 0. The number of aliphatic hydroxyl groups excluding tert-OH is 1. The lowest BCUT2D eigenvalue weighted by Crippen LogP contribution is -2.47. The zero-order valence-electron chi connectivity index (χ0n) is 7.12. The van der Waals surface area contributed by atoms with Gasteiger partial charge in [-0.05, 0) is 18.8 Å². The van der Waals surface area contributed by atoms with E-state index in [0.717, 1.165) is 0 Å². The molecule has 0 saturated carbocycles. The van der Waals surface area contributed by atoms with Crippen LogP contribution in [0.1, 0.15) is 26.7 Å². The van der Waals surface area contributed by atoms with Crippen molar-refractivity contribution in [3.05, 3.63) is 12.2 Å². The Morgan fingerprint density at radius 2 is 2.09 bits per heavy atom. The van der Waals surface area contributed by atoms with Crippen LogP contribution >= 0.6 is 0 Å². The van der Waals surface area contributed by atoms with Crippen LogP contribution < -0.4 is 0 Å². The maximum absolute atomic E-state index is 9.92. The van der Waals surface area contributed by atoms with Gasteiger partial charge in [-0.1, -0.05) is 26.0 Å². The Morgan fingerprint density at radius 3 is 2.45 bits per heavy atom.